The number of fused-ring (bicyclic) bond motifs is 2. The Morgan fingerprint density at radius 2 is 1.33 bits per heavy atom. The molecule has 6 rings (SSSR count). The summed E-state index contributed by atoms with van der Waals surface area (Å²) in [6, 6.07) is 32.4. The first-order valence-electron chi connectivity index (χ1n) is 14.3. The van der Waals surface area contributed by atoms with Crippen LogP contribution in [0.4, 0.5) is 0 Å². The third-order valence-corrected chi connectivity index (χ3v) is 7.62. The van der Waals surface area contributed by atoms with Crippen LogP contribution in [0.15, 0.2) is 108 Å². The number of rotatable bonds is 11. The van der Waals surface area contributed by atoms with Crippen LogP contribution in [0.3, 0.4) is 0 Å². The number of aromatic nitrogens is 2. The van der Waals surface area contributed by atoms with Gasteiger partial charge in [0.25, 0.3) is 17.4 Å². The van der Waals surface area contributed by atoms with Crippen LogP contribution in [0.1, 0.15) is 44.1 Å². The fraction of sp³-hybridized carbons (Fsp3) is 0.200. The van der Waals surface area contributed by atoms with Gasteiger partial charge in [-0.05, 0) is 66.8 Å². The molecular formula is C35H31N3O4. The van der Waals surface area contributed by atoms with Crippen molar-refractivity contribution in [3.8, 4) is 5.75 Å². The van der Waals surface area contributed by atoms with Crippen molar-refractivity contribution in [3.05, 3.63) is 142 Å². The summed E-state index contributed by atoms with van der Waals surface area (Å²) in [6.45, 7) is 1.17. The van der Waals surface area contributed by atoms with Gasteiger partial charge in [-0.25, -0.2) is 4.98 Å². The molecule has 0 radical (unpaired) electrons. The van der Waals surface area contributed by atoms with Gasteiger partial charge >= 0.3 is 0 Å². The molecule has 2 amide bonds. The van der Waals surface area contributed by atoms with Crippen molar-refractivity contribution in [1.29, 1.82) is 0 Å². The molecule has 0 atom stereocenters. The van der Waals surface area contributed by atoms with E-state index >= 15 is 0 Å². The summed E-state index contributed by atoms with van der Waals surface area (Å²) >= 11 is 0. The van der Waals surface area contributed by atoms with Crippen molar-refractivity contribution in [2.75, 3.05) is 13.2 Å². The number of carbonyl (C=O) groups is 2. The second kappa shape index (κ2) is 12.2. The predicted octanol–water partition coefficient (Wildman–Crippen LogP) is 5.49. The first-order valence-corrected chi connectivity index (χ1v) is 14.3. The summed E-state index contributed by atoms with van der Waals surface area (Å²) in [5.74, 6) is 0.718. The average molecular weight is 558 g/mol. The summed E-state index contributed by atoms with van der Waals surface area (Å²) < 4.78 is 7.69. The fourth-order valence-electron chi connectivity index (χ4n) is 5.43. The maximum Gasteiger partial charge on any atom is 0.261 e. The van der Waals surface area contributed by atoms with Crippen LogP contribution in [0.5, 0.6) is 5.75 Å². The van der Waals surface area contributed by atoms with Crippen molar-refractivity contribution in [1.82, 2.24) is 14.5 Å². The van der Waals surface area contributed by atoms with Gasteiger partial charge in [0.1, 0.15) is 11.6 Å². The lowest BCUT2D eigenvalue weighted by Gasteiger charge is -2.17. The van der Waals surface area contributed by atoms with Crippen LogP contribution >= 0.6 is 0 Å². The van der Waals surface area contributed by atoms with Crippen molar-refractivity contribution in [2.45, 2.75) is 32.2 Å². The van der Waals surface area contributed by atoms with Gasteiger partial charge in [-0.1, -0.05) is 66.7 Å². The second-order valence-electron chi connectivity index (χ2n) is 10.4. The Bertz CT molecular complexity index is 1780. The second-order valence-corrected chi connectivity index (χ2v) is 10.4. The molecule has 2 heterocycles. The Hall–Kier alpha value is -5.04. The number of benzene rings is 4. The summed E-state index contributed by atoms with van der Waals surface area (Å²) in [5.41, 5.74) is 3.63. The van der Waals surface area contributed by atoms with E-state index in [0.29, 0.717) is 47.4 Å². The molecule has 5 aromatic rings. The highest BCUT2D eigenvalue weighted by atomic mass is 16.5. The van der Waals surface area contributed by atoms with Crippen molar-refractivity contribution < 1.29 is 14.3 Å². The summed E-state index contributed by atoms with van der Waals surface area (Å²) in [5, 5.41) is 0.539. The molecule has 0 saturated heterocycles. The molecule has 1 aromatic heterocycles. The lowest BCUT2D eigenvalue weighted by molar-refractivity contribution is 0.0655. The molecule has 0 aliphatic carbocycles. The number of hydrogen-bond acceptors (Lipinski definition) is 5. The highest BCUT2D eigenvalue weighted by Crippen LogP contribution is 2.23. The van der Waals surface area contributed by atoms with Gasteiger partial charge in [-0.2, -0.15) is 0 Å². The van der Waals surface area contributed by atoms with Gasteiger partial charge in [0.15, 0.2) is 0 Å². The molecule has 4 aromatic carbocycles. The third kappa shape index (κ3) is 5.72. The topological polar surface area (TPSA) is 81.5 Å². The summed E-state index contributed by atoms with van der Waals surface area (Å²) in [4.78, 5) is 45.4. The lowest BCUT2D eigenvalue weighted by Crippen LogP contribution is -2.34. The molecule has 0 spiro atoms. The van der Waals surface area contributed by atoms with Crippen molar-refractivity contribution in [2.24, 2.45) is 0 Å². The highest BCUT2D eigenvalue weighted by molar-refractivity contribution is 6.21. The van der Waals surface area contributed by atoms with Crippen LogP contribution in [0.25, 0.3) is 10.9 Å². The monoisotopic (exact) mass is 557 g/mol. The molecule has 0 bridgehead atoms. The Balaban J connectivity index is 1.16. The Kier molecular flexibility index (Phi) is 7.90. The molecule has 210 valence electrons. The van der Waals surface area contributed by atoms with E-state index in [9.17, 15) is 14.4 Å². The summed E-state index contributed by atoms with van der Waals surface area (Å²) in [7, 11) is 0. The lowest BCUT2D eigenvalue weighted by atomic mass is 10.1. The number of carbonyl (C=O) groups excluding carboxylic acids is 2. The molecule has 0 N–H and O–H groups in total. The summed E-state index contributed by atoms with van der Waals surface area (Å²) in [6.07, 6.45) is 2.75. The number of amides is 2. The van der Waals surface area contributed by atoms with E-state index in [0.717, 1.165) is 24.2 Å². The minimum absolute atomic E-state index is 0.133. The van der Waals surface area contributed by atoms with E-state index in [-0.39, 0.29) is 30.3 Å². The van der Waals surface area contributed by atoms with Gasteiger partial charge in [-0.15, -0.1) is 0 Å². The number of nitrogens with zero attached hydrogens (tertiary/aromatic N) is 3. The van der Waals surface area contributed by atoms with E-state index in [1.165, 1.54) is 10.5 Å². The number of ether oxygens (including phenoxy) is 1. The molecule has 7 heteroatoms. The molecule has 0 fully saturated rings. The molecular weight excluding hydrogens is 526 g/mol. The van der Waals surface area contributed by atoms with Crippen LogP contribution in [-0.4, -0.2) is 39.4 Å². The van der Waals surface area contributed by atoms with E-state index in [1.54, 1.807) is 34.9 Å². The molecule has 0 saturated carbocycles. The molecule has 0 unspecified atom stereocenters. The zero-order chi connectivity index (χ0) is 28.9. The van der Waals surface area contributed by atoms with Gasteiger partial charge in [0.05, 0.1) is 28.6 Å². The van der Waals surface area contributed by atoms with Crippen LogP contribution in [-0.2, 0) is 25.8 Å². The van der Waals surface area contributed by atoms with Gasteiger partial charge in [0.2, 0.25) is 0 Å². The normalized spacial score (nSPS) is 12.6. The van der Waals surface area contributed by atoms with Crippen LogP contribution in [0, 0.1) is 0 Å². The van der Waals surface area contributed by atoms with E-state index in [2.05, 4.69) is 12.1 Å². The maximum atomic E-state index is 13.6. The standard InChI is InChI=1S/C35H31N3O4/c39-33-28-15-4-5-16-29(28)34(40)38(33)22-20-32-36-31-18-7-6-17-30(31)35(41)37(32)21-19-26-12-8-14-27(24-26)42-23-9-13-25-10-2-1-3-11-25/h1-8,10-12,14-18,24H,9,13,19-23H2. The van der Waals surface area contributed by atoms with Crippen LogP contribution in [0.2, 0.25) is 0 Å². The van der Waals surface area contributed by atoms with E-state index < -0.39 is 0 Å². The largest absolute Gasteiger partial charge is 0.494 e. The van der Waals surface area contributed by atoms with E-state index in [4.69, 9.17) is 9.72 Å². The molecule has 1 aliphatic heterocycles. The minimum atomic E-state index is -0.314. The van der Waals surface area contributed by atoms with Gasteiger partial charge in [0, 0.05) is 19.5 Å². The smallest absolute Gasteiger partial charge is 0.261 e. The maximum absolute atomic E-state index is 13.6. The Morgan fingerprint density at radius 1 is 0.643 bits per heavy atom. The fourth-order valence-corrected chi connectivity index (χ4v) is 5.43. The molecule has 7 nitrogen and oxygen atoms in total. The molecule has 1 aliphatic rings. The van der Waals surface area contributed by atoms with Crippen LogP contribution < -0.4 is 10.3 Å². The van der Waals surface area contributed by atoms with Crippen molar-refractivity contribution >= 4 is 22.7 Å². The number of aryl methyl sites for hydroxylation is 2. The first-order chi connectivity index (χ1) is 20.6. The highest BCUT2D eigenvalue weighted by Gasteiger charge is 2.34. The SMILES string of the molecule is O=C1c2ccccc2C(=O)N1CCc1nc2ccccc2c(=O)n1CCc1cccc(OCCCc2ccccc2)c1. The average Bonchev–Trinajstić information content (AvgIpc) is 3.27. The Morgan fingerprint density at radius 3 is 2.12 bits per heavy atom. The van der Waals surface area contributed by atoms with E-state index in [1.807, 2.05) is 60.7 Å². The van der Waals surface area contributed by atoms with Gasteiger partial charge in [-0.3, -0.25) is 23.9 Å². The predicted molar refractivity (Wildman–Crippen MR) is 162 cm³/mol. The third-order valence-electron chi connectivity index (χ3n) is 7.62. The molecule has 42 heavy (non-hydrogen) atoms. The minimum Gasteiger partial charge on any atom is -0.494 e. The number of imide groups is 1. The zero-order valence-corrected chi connectivity index (χ0v) is 23.2. The zero-order valence-electron chi connectivity index (χ0n) is 23.2. The first kappa shape index (κ1) is 27.1. The number of para-hydroxylation sites is 1. The number of hydrogen-bond donors (Lipinski definition) is 0. The van der Waals surface area contributed by atoms with Crippen molar-refractivity contribution in [3.63, 3.8) is 0 Å². The Labute approximate surface area is 244 Å². The quantitative estimate of drug-likeness (QED) is 0.159. The van der Waals surface area contributed by atoms with Gasteiger partial charge < -0.3 is 4.74 Å².